The molecule has 0 amide bonds. The van der Waals surface area contributed by atoms with Gasteiger partial charge >= 0.3 is 6.36 Å². The number of ether oxygens (including phenoxy) is 1. The molecular formula is C18H24BrF3N2OS. The molecule has 0 bridgehead atoms. The van der Waals surface area contributed by atoms with Gasteiger partial charge in [0.15, 0.2) is 0 Å². The molecule has 26 heavy (non-hydrogen) atoms. The Morgan fingerprint density at radius 3 is 2.31 bits per heavy atom. The maximum atomic E-state index is 12.3. The molecule has 0 spiro atoms. The van der Waals surface area contributed by atoms with Gasteiger partial charge in [0.1, 0.15) is 5.75 Å². The molecule has 0 aliphatic carbocycles. The van der Waals surface area contributed by atoms with Crippen LogP contribution in [-0.2, 0) is 0 Å². The molecule has 1 aromatic rings. The van der Waals surface area contributed by atoms with E-state index in [9.17, 15) is 13.2 Å². The maximum absolute atomic E-state index is 12.3. The van der Waals surface area contributed by atoms with E-state index in [0.717, 1.165) is 36.7 Å². The molecule has 0 N–H and O–H groups in total. The van der Waals surface area contributed by atoms with Crippen LogP contribution in [0, 0.1) is 5.92 Å². The molecule has 2 heterocycles. The highest BCUT2D eigenvalue weighted by Gasteiger charge is 2.32. The lowest BCUT2D eigenvalue weighted by Crippen LogP contribution is -2.46. The van der Waals surface area contributed by atoms with E-state index < -0.39 is 6.36 Å². The molecule has 3 nitrogen and oxygen atoms in total. The van der Waals surface area contributed by atoms with E-state index in [1.807, 2.05) is 0 Å². The first-order chi connectivity index (χ1) is 12.3. The number of rotatable bonds is 4. The molecule has 0 radical (unpaired) electrons. The lowest BCUT2D eigenvalue weighted by molar-refractivity contribution is -0.274. The van der Waals surface area contributed by atoms with Gasteiger partial charge < -0.3 is 9.64 Å². The molecule has 0 unspecified atom stereocenters. The Labute approximate surface area is 165 Å². The van der Waals surface area contributed by atoms with Gasteiger partial charge in [-0.2, -0.15) is 0 Å². The van der Waals surface area contributed by atoms with E-state index in [1.54, 1.807) is 24.1 Å². The SMILES string of the molecule is CC1CCN(C2CCN(Sc3ccc(OC(F)(F)F)c(Br)c3)CC2)CC1. The van der Waals surface area contributed by atoms with E-state index in [2.05, 4.69) is 36.8 Å². The first-order valence-corrected chi connectivity index (χ1v) is 10.6. The van der Waals surface area contributed by atoms with Crippen LogP contribution >= 0.6 is 27.9 Å². The molecule has 3 rings (SSSR count). The topological polar surface area (TPSA) is 15.7 Å². The van der Waals surface area contributed by atoms with E-state index >= 15 is 0 Å². The van der Waals surface area contributed by atoms with Gasteiger partial charge in [-0.15, -0.1) is 13.2 Å². The fourth-order valence-electron chi connectivity index (χ4n) is 3.59. The van der Waals surface area contributed by atoms with E-state index in [-0.39, 0.29) is 5.75 Å². The van der Waals surface area contributed by atoms with Crippen molar-refractivity contribution < 1.29 is 17.9 Å². The summed E-state index contributed by atoms with van der Waals surface area (Å²) in [6.45, 7) is 6.76. The van der Waals surface area contributed by atoms with Crippen molar-refractivity contribution in [2.75, 3.05) is 26.2 Å². The predicted molar refractivity (Wildman–Crippen MR) is 101 cm³/mol. The van der Waals surface area contributed by atoms with Crippen LogP contribution in [0.5, 0.6) is 5.75 Å². The van der Waals surface area contributed by atoms with Crippen molar-refractivity contribution in [1.29, 1.82) is 0 Å². The summed E-state index contributed by atoms with van der Waals surface area (Å²) in [5, 5.41) is 0. The van der Waals surface area contributed by atoms with Crippen LogP contribution in [-0.4, -0.2) is 47.8 Å². The third-order valence-electron chi connectivity index (χ3n) is 5.12. The molecule has 1 aromatic carbocycles. The van der Waals surface area contributed by atoms with Crippen molar-refractivity contribution in [3.8, 4) is 5.75 Å². The van der Waals surface area contributed by atoms with Gasteiger partial charge in [0.25, 0.3) is 0 Å². The first kappa shape index (κ1) is 20.3. The molecule has 2 aliphatic rings. The summed E-state index contributed by atoms with van der Waals surface area (Å²) in [7, 11) is 0. The summed E-state index contributed by atoms with van der Waals surface area (Å²) in [5.74, 6) is 0.643. The van der Waals surface area contributed by atoms with Crippen molar-refractivity contribution in [3.63, 3.8) is 0 Å². The third kappa shape index (κ3) is 5.78. The Kier molecular flexibility index (Phi) is 6.80. The third-order valence-corrected chi connectivity index (χ3v) is 6.83. The summed E-state index contributed by atoms with van der Waals surface area (Å²) < 4.78 is 43.6. The minimum Gasteiger partial charge on any atom is -0.405 e. The van der Waals surface area contributed by atoms with Gasteiger partial charge in [-0.1, -0.05) is 6.92 Å². The summed E-state index contributed by atoms with van der Waals surface area (Å²) >= 11 is 4.77. The highest BCUT2D eigenvalue weighted by Crippen LogP contribution is 2.36. The van der Waals surface area contributed by atoms with Gasteiger partial charge in [0.05, 0.1) is 4.47 Å². The molecule has 0 saturated carbocycles. The highest BCUT2D eigenvalue weighted by atomic mass is 79.9. The predicted octanol–water partition coefficient (Wildman–Crippen LogP) is 5.55. The second-order valence-corrected chi connectivity index (χ2v) is 9.13. The van der Waals surface area contributed by atoms with Crippen LogP contribution in [0.2, 0.25) is 0 Å². The van der Waals surface area contributed by atoms with Gasteiger partial charge in [0, 0.05) is 24.0 Å². The lowest BCUT2D eigenvalue weighted by atomic mass is 9.95. The average Bonchev–Trinajstić information content (AvgIpc) is 2.58. The number of hydrogen-bond acceptors (Lipinski definition) is 4. The molecule has 2 fully saturated rings. The Bertz CT molecular complexity index is 601. The van der Waals surface area contributed by atoms with Gasteiger partial charge in [0.2, 0.25) is 0 Å². The second-order valence-electron chi connectivity index (χ2n) is 7.11. The average molecular weight is 453 g/mol. The Morgan fingerprint density at radius 1 is 1.08 bits per heavy atom. The van der Waals surface area contributed by atoms with Crippen LogP contribution in [0.25, 0.3) is 0 Å². The van der Waals surface area contributed by atoms with Crippen LogP contribution in [0.3, 0.4) is 0 Å². The Morgan fingerprint density at radius 2 is 1.73 bits per heavy atom. The summed E-state index contributed by atoms with van der Waals surface area (Å²) in [6, 6.07) is 5.40. The quantitative estimate of drug-likeness (QED) is 0.556. The smallest absolute Gasteiger partial charge is 0.405 e. The molecular weight excluding hydrogens is 429 g/mol. The summed E-state index contributed by atoms with van der Waals surface area (Å²) in [6.07, 6.45) is 0.228. The zero-order chi connectivity index (χ0) is 18.7. The summed E-state index contributed by atoms with van der Waals surface area (Å²) in [5.41, 5.74) is 0. The van der Waals surface area contributed by atoms with E-state index in [1.165, 1.54) is 32.0 Å². The van der Waals surface area contributed by atoms with Crippen molar-refractivity contribution >= 4 is 27.9 Å². The number of piperidine rings is 2. The molecule has 0 atom stereocenters. The van der Waals surface area contributed by atoms with Crippen molar-refractivity contribution in [2.24, 2.45) is 5.92 Å². The fourth-order valence-corrected chi connectivity index (χ4v) is 5.19. The number of likely N-dealkylation sites (tertiary alicyclic amines) is 1. The molecule has 2 saturated heterocycles. The van der Waals surface area contributed by atoms with Crippen molar-refractivity contribution in [3.05, 3.63) is 22.7 Å². The van der Waals surface area contributed by atoms with E-state index in [0.29, 0.717) is 10.5 Å². The Balaban J connectivity index is 1.49. The monoisotopic (exact) mass is 452 g/mol. The van der Waals surface area contributed by atoms with E-state index in [4.69, 9.17) is 0 Å². The van der Waals surface area contributed by atoms with Crippen LogP contribution < -0.4 is 4.74 Å². The minimum absolute atomic E-state index is 0.208. The highest BCUT2D eigenvalue weighted by molar-refractivity contribution is 9.10. The molecule has 146 valence electrons. The maximum Gasteiger partial charge on any atom is 0.573 e. The van der Waals surface area contributed by atoms with Crippen molar-refractivity contribution in [2.45, 2.75) is 49.9 Å². The number of hydrogen-bond donors (Lipinski definition) is 0. The van der Waals surface area contributed by atoms with Gasteiger partial charge in [-0.05, 0) is 90.8 Å². The zero-order valence-electron chi connectivity index (χ0n) is 14.8. The van der Waals surface area contributed by atoms with Crippen LogP contribution in [0.4, 0.5) is 13.2 Å². The minimum atomic E-state index is -4.68. The summed E-state index contributed by atoms with van der Waals surface area (Å²) in [4.78, 5) is 3.55. The van der Waals surface area contributed by atoms with Gasteiger partial charge in [-0.25, -0.2) is 4.31 Å². The normalized spacial score (nSPS) is 21.9. The number of halogens is 4. The number of nitrogens with zero attached hydrogens (tertiary/aromatic N) is 2. The lowest BCUT2D eigenvalue weighted by Gasteiger charge is -2.41. The van der Waals surface area contributed by atoms with Crippen molar-refractivity contribution in [1.82, 2.24) is 9.21 Å². The van der Waals surface area contributed by atoms with Crippen LogP contribution in [0.1, 0.15) is 32.6 Å². The van der Waals surface area contributed by atoms with Gasteiger partial charge in [-0.3, -0.25) is 0 Å². The molecule has 0 aromatic heterocycles. The second kappa shape index (κ2) is 8.71. The molecule has 2 aliphatic heterocycles. The molecule has 8 heteroatoms. The zero-order valence-corrected chi connectivity index (χ0v) is 17.2. The first-order valence-electron chi connectivity index (χ1n) is 9.02. The number of alkyl halides is 3. The fraction of sp³-hybridized carbons (Fsp3) is 0.667. The Hall–Kier alpha value is -0.440. The van der Waals surface area contributed by atoms with Crippen LogP contribution in [0.15, 0.2) is 27.6 Å². The number of benzene rings is 1. The largest absolute Gasteiger partial charge is 0.573 e. The standard InChI is InChI=1S/C18H24BrF3N2OS/c1-13-4-8-23(9-5-13)14-6-10-24(11-7-14)26-15-2-3-17(16(19)12-15)25-18(20,21)22/h2-3,12-14H,4-11H2,1H3.